The molecule has 0 saturated heterocycles. The van der Waals surface area contributed by atoms with Gasteiger partial charge in [-0.25, -0.2) is 4.98 Å². The minimum atomic E-state index is -0.436. The van der Waals surface area contributed by atoms with Crippen LogP contribution in [0.4, 0.5) is 17.3 Å². The van der Waals surface area contributed by atoms with Crippen molar-refractivity contribution >= 4 is 17.3 Å². The van der Waals surface area contributed by atoms with Gasteiger partial charge in [0.1, 0.15) is 11.6 Å². The van der Waals surface area contributed by atoms with E-state index in [1.54, 1.807) is 7.05 Å². The van der Waals surface area contributed by atoms with Gasteiger partial charge in [-0.2, -0.15) is 0 Å². The van der Waals surface area contributed by atoms with Gasteiger partial charge in [-0.15, -0.1) is 0 Å². The van der Waals surface area contributed by atoms with Gasteiger partial charge in [-0.1, -0.05) is 0 Å². The number of hydrogen-bond donors (Lipinski definition) is 3. The van der Waals surface area contributed by atoms with E-state index in [9.17, 15) is 10.1 Å². The molecule has 0 amide bonds. The zero-order valence-electron chi connectivity index (χ0n) is 10.8. The monoisotopic (exact) mass is 266 g/mol. The van der Waals surface area contributed by atoms with Crippen LogP contribution in [-0.4, -0.2) is 35.2 Å². The third kappa shape index (κ3) is 3.31. The average Bonchev–Trinajstić information content (AvgIpc) is 3.17. The number of hydrogen-bond acceptors (Lipinski definition) is 6. The fraction of sp³-hybridized carbons (Fsp3) is 0.583. The van der Waals surface area contributed by atoms with Crippen molar-refractivity contribution < 1.29 is 10.0 Å². The second kappa shape index (κ2) is 5.40. The summed E-state index contributed by atoms with van der Waals surface area (Å²) in [5.41, 5.74) is 0.148. The number of anilines is 2. The summed E-state index contributed by atoms with van der Waals surface area (Å²) in [5, 5.41) is 25.8. The average molecular weight is 266 g/mol. The minimum absolute atomic E-state index is 0.00820. The summed E-state index contributed by atoms with van der Waals surface area (Å²) in [6.45, 7) is 0.858. The van der Waals surface area contributed by atoms with Crippen LogP contribution in [0, 0.1) is 15.5 Å². The molecule has 1 saturated carbocycles. The molecule has 1 heterocycles. The van der Waals surface area contributed by atoms with Crippen LogP contribution < -0.4 is 10.6 Å². The zero-order chi connectivity index (χ0) is 13.9. The fourth-order valence-corrected chi connectivity index (χ4v) is 2.05. The lowest BCUT2D eigenvalue weighted by atomic mass is 10.0. The number of aliphatic hydroxyl groups excluding tert-OH is 1. The van der Waals surface area contributed by atoms with Crippen molar-refractivity contribution in [2.24, 2.45) is 5.41 Å². The fourth-order valence-electron chi connectivity index (χ4n) is 2.05. The van der Waals surface area contributed by atoms with Crippen LogP contribution in [0.5, 0.6) is 0 Å². The standard InChI is InChI=1S/C12H18N4O3/c1-13-10-6-9(16(18)19)7-11(15-10)14-8-12(2-3-12)4-5-17/h6-7,17H,2-5,8H2,1H3,(H2,13,14,15). The molecule has 104 valence electrons. The molecule has 7 nitrogen and oxygen atoms in total. The summed E-state index contributed by atoms with van der Waals surface area (Å²) < 4.78 is 0. The lowest BCUT2D eigenvalue weighted by molar-refractivity contribution is -0.384. The van der Waals surface area contributed by atoms with Gasteiger partial charge in [0.25, 0.3) is 5.69 Å². The third-order valence-electron chi connectivity index (χ3n) is 3.52. The lowest BCUT2D eigenvalue weighted by Gasteiger charge is -2.15. The van der Waals surface area contributed by atoms with Crippen molar-refractivity contribution in [2.75, 3.05) is 30.8 Å². The van der Waals surface area contributed by atoms with Crippen LogP contribution in [0.2, 0.25) is 0 Å². The lowest BCUT2D eigenvalue weighted by Crippen LogP contribution is -2.17. The first kappa shape index (κ1) is 13.5. The summed E-state index contributed by atoms with van der Waals surface area (Å²) in [6.07, 6.45) is 2.91. The Bertz CT molecular complexity index is 474. The van der Waals surface area contributed by atoms with E-state index in [2.05, 4.69) is 15.6 Å². The number of nitrogens with zero attached hydrogens (tertiary/aromatic N) is 2. The van der Waals surface area contributed by atoms with Crippen LogP contribution in [0.3, 0.4) is 0 Å². The van der Waals surface area contributed by atoms with Gasteiger partial charge < -0.3 is 15.7 Å². The number of rotatable bonds is 7. The predicted octanol–water partition coefficient (Wildman–Crippen LogP) is 1.61. The van der Waals surface area contributed by atoms with E-state index in [1.807, 2.05) is 0 Å². The van der Waals surface area contributed by atoms with Gasteiger partial charge in [-0.05, 0) is 24.7 Å². The van der Waals surface area contributed by atoms with Crippen molar-refractivity contribution in [1.29, 1.82) is 0 Å². The first-order chi connectivity index (χ1) is 9.08. The molecule has 1 fully saturated rings. The second-order valence-corrected chi connectivity index (χ2v) is 4.93. The van der Waals surface area contributed by atoms with Crippen molar-refractivity contribution in [3.63, 3.8) is 0 Å². The van der Waals surface area contributed by atoms with Crippen molar-refractivity contribution in [3.05, 3.63) is 22.2 Å². The Balaban J connectivity index is 2.07. The van der Waals surface area contributed by atoms with E-state index in [4.69, 9.17) is 5.11 Å². The summed E-state index contributed by atoms with van der Waals surface area (Å²) in [4.78, 5) is 14.6. The Hall–Kier alpha value is -1.89. The van der Waals surface area contributed by atoms with Crippen LogP contribution in [0.25, 0.3) is 0 Å². The van der Waals surface area contributed by atoms with Crippen molar-refractivity contribution in [1.82, 2.24) is 4.98 Å². The number of aromatic nitrogens is 1. The highest BCUT2D eigenvalue weighted by atomic mass is 16.6. The normalized spacial score (nSPS) is 15.9. The largest absolute Gasteiger partial charge is 0.396 e. The van der Waals surface area contributed by atoms with E-state index < -0.39 is 4.92 Å². The van der Waals surface area contributed by atoms with Crippen molar-refractivity contribution in [2.45, 2.75) is 19.3 Å². The first-order valence-corrected chi connectivity index (χ1v) is 6.27. The molecule has 19 heavy (non-hydrogen) atoms. The molecule has 2 rings (SSSR count). The number of nitrogens with one attached hydrogen (secondary N) is 2. The molecule has 0 unspecified atom stereocenters. The van der Waals surface area contributed by atoms with E-state index >= 15 is 0 Å². The van der Waals surface area contributed by atoms with Gasteiger partial charge >= 0.3 is 0 Å². The molecule has 0 spiro atoms. The predicted molar refractivity (Wildman–Crippen MR) is 72.3 cm³/mol. The smallest absolute Gasteiger partial charge is 0.276 e. The molecule has 0 aliphatic heterocycles. The maximum atomic E-state index is 10.8. The van der Waals surface area contributed by atoms with Crippen molar-refractivity contribution in [3.8, 4) is 0 Å². The van der Waals surface area contributed by atoms with E-state index in [0.717, 1.165) is 19.3 Å². The summed E-state index contributed by atoms with van der Waals surface area (Å²) >= 11 is 0. The maximum Gasteiger partial charge on any atom is 0.276 e. The molecular formula is C12H18N4O3. The molecular weight excluding hydrogens is 248 g/mol. The summed E-state index contributed by atoms with van der Waals surface area (Å²) in [5.74, 6) is 0.950. The van der Waals surface area contributed by atoms with E-state index in [0.29, 0.717) is 18.2 Å². The highest BCUT2D eigenvalue weighted by Gasteiger charge is 2.41. The molecule has 1 aliphatic rings. The molecule has 0 radical (unpaired) electrons. The first-order valence-electron chi connectivity index (χ1n) is 6.27. The zero-order valence-corrected chi connectivity index (χ0v) is 10.8. The maximum absolute atomic E-state index is 10.8. The van der Waals surface area contributed by atoms with Crippen LogP contribution >= 0.6 is 0 Å². The van der Waals surface area contributed by atoms with Crippen LogP contribution in [-0.2, 0) is 0 Å². The molecule has 0 bridgehead atoms. The Morgan fingerprint density at radius 2 is 2.16 bits per heavy atom. The van der Waals surface area contributed by atoms with Gasteiger partial charge in [0.15, 0.2) is 0 Å². The molecule has 3 N–H and O–H groups in total. The van der Waals surface area contributed by atoms with Crippen LogP contribution in [0.1, 0.15) is 19.3 Å². The Labute approximate surface area is 111 Å². The highest BCUT2D eigenvalue weighted by Crippen LogP contribution is 2.48. The van der Waals surface area contributed by atoms with Gasteiger partial charge in [0.2, 0.25) is 0 Å². The number of pyridine rings is 1. The van der Waals surface area contributed by atoms with E-state index in [-0.39, 0.29) is 17.7 Å². The molecule has 1 aromatic heterocycles. The van der Waals surface area contributed by atoms with E-state index in [1.165, 1.54) is 12.1 Å². The third-order valence-corrected chi connectivity index (χ3v) is 3.52. The molecule has 0 aromatic carbocycles. The Morgan fingerprint density at radius 3 is 2.68 bits per heavy atom. The Morgan fingerprint density at radius 1 is 1.47 bits per heavy atom. The second-order valence-electron chi connectivity index (χ2n) is 4.93. The molecule has 0 atom stereocenters. The summed E-state index contributed by atoms with van der Waals surface area (Å²) in [6, 6.07) is 2.82. The topological polar surface area (TPSA) is 100 Å². The Kier molecular flexibility index (Phi) is 3.84. The summed E-state index contributed by atoms with van der Waals surface area (Å²) in [7, 11) is 1.67. The van der Waals surface area contributed by atoms with Gasteiger partial charge in [0, 0.05) is 20.2 Å². The highest BCUT2D eigenvalue weighted by molar-refractivity contribution is 5.54. The van der Waals surface area contributed by atoms with Gasteiger partial charge in [-0.3, -0.25) is 10.1 Å². The molecule has 1 aromatic rings. The van der Waals surface area contributed by atoms with Gasteiger partial charge in [0.05, 0.1) is 17.1 Å². The quantitative estimate of drug-likeness (QED) is 0.512. The van der Waals surface area contributed by atoms with Crippen LogP contribution in [0.15, 0.2) is 12.1 Å². The molecule has 1 aliphatic carbocycles. The number of aliphatic hydroxyl groups is 1. The molecule has 7 heteroatoms. The SMILES string of the molecule is CNc1cc([N+](=O)[O-])cc(NCC2(CCO)CC2)n1. The minimum Gasteiger partial charge on any atom is -0.396 e. The number of nitro groups is 1.